The number of fused-ring (bicyclic) bond motifs is 3. The van der Waals surface area contributed by atoms with Gasteiger partial charge in [-0.25, -0.2) is 18.2 Å². The number of hydrogen-bond acceptors (Lipinski definition) is 15. The molecule has 18 nitrogen and oxygen atoms in total. The first kappa shape index (κ1) is 23.5. The van der Waals surface area contributed by atoms with Crippen LogP contribution in [0.25, 0.3) is 0 Å². The molecule has 2 aromatic heterocycles. The van der Waals surface area contributed by atoms with Gasteiger partial charge in [-0.15, -0.1) is 21.5 Å². The zero-order valence-electron chi connectivity index (χ0n) is 17.7. The number of thiazole rings is 1. The van der Waals surface area contributed by atoms with E-state index in [2.05, 4.69) is 40.9 Å². The molecule has 3 aliphatic rings. The molecule has 0 radical (unpaired) electrons. The van der Waals surface area contributed by atoms with E-state index in [4.69, 9.17) is 15.6 Å². The third-order valence-electron chi connectivity index (χ3n) is 5.71. The van der Waals surface area contributed by atoms with Crippen LogP contribution in [0.4, 0.5) is 5.13 Å². The van der Waals surface area contributed by atoms with Crippen LogP contribution in [0, 0.1) is 5.92 Å². The van der Waals surface area contributed by atoms with Crippen molar-refractivity contribution >= 4 is 55.8 Å². The third-order valence-corrected chi connectivity index (χ3v) is 8.47. The van der Waals surface area contributed by atoms with E-state index in [0.29, 0.717) is 0 Å². The van der Waals surface area contributed by atoms with Crippen LogP contribution < -0.4 is 11.1 Å². The van der Waals surface area contributed by atoms with Crippen molar-refractivity contribution in [1.29, 1.82) is 0 Å². The summed E-state index contributed by atoms with van der Waals surface area (Å²) in [6, 6.07) is -1.60. The molecule has 4 atom stereocenters. The number of nitrogens with zero attached hydrogens (tertiary/aromatic N) is 6. The number of rotatable bonds is 7. The monoisotopic (exact) mass is 541 g/mol. The highest BCUT2D eigenvalue weighted by atomic mass is 32.2. The van der Waals surface area contributed by atoms with Crippen molar-refractivity contribution in [1.82, 2.24) is 35.8 Å². The number of amides is 2. The fourth-order valence-corrected chi connectivity index (χ4v) is 7.20. The molecule has 0 unspecified atom stereocenters. The number of anilines is 1. The standard InChI is InChI=1S/C16H15N9O9S2/c17-15-18-6(3-35-15)9(22-33-2-7(26)27)11(29)19-10-12(30)25-13(10)36(31,32)4-5-1-8(28)34-16(5,25)14-20-23-24-21-14/h3,5,10,13H,1-2,4H2,(H2,17,18)(H,19,29)(H,26,27)(H,20,21,23,24)/b22-9-/t5-,10+,13+,16+/m0/s1. The van der Waals surface area contributed by atoms with E-state index < -0.39 is 74.7 Å². The number of carbonyl (C=O) groups is 4. The Morgan fingerprint density at radius 2 is 2.22 bits per heavy atom. The minimum Gasteiger partial charge on any atom is -0.479 e. The second-order valence-corrected chi connectivity index (χ2v) is 10.9. The lowest BCUT2D eigenvalue weighted by atomic mass is 9.89. The molecule has 3 fully saturated rings. The molecule has 0 spiro atoms. The molecule has 0 bridgehead atoms. The molecule has 5 rings (SSSR count). The summed E-state index contributed by atoms with van der Waals surface area (Å²) in [5, 5.41) is 27.5. The molecule has 0 saturated carbocycles. The fraction of sp³-hybridized carbons (Fsp3) is 0.438. The number of aliphatic carboxylic acids is 1. The van der Waals surface area contributed by atoms with Gasteiger partial charge < -0.3 is 25.7 Å². The number of carbonyl (C=O) groups excluding carboxylic acids is 3. The first-order valence-corrected chi connectivity index (χ1v) is 12.6. The van der Waals surface area contributed by atoms with Gasteiger partial charge in [0.1, 0.15) is 11.7 Å². The summed E-state index contributed by atoms with van der Waals surface area (Å²) >= 11 is 0.947. The van der Waals surface area contributed by atoms with Crippen molar-refractivity contribution in [3.63, 3.8) is 0 Å². The molecule has 2 aromatic rings. The number of carboxylic acid groups (broad SMARTS) is 1. The first-order valence-electron chi connectivity index (χ1n) is 9.99. The van der Waals surface area contributed by atoms with Gasteiger partial charge in [0.15, 0.2) is 26.1 Å². The molecule has 3 saturated heterocycles. The maximum Gasteiger partial charge on any atom is 0.344 e. The summed E-state index contributed by atoms with van der Waals surface area (Å²) < 4.78 is 31.6. The van der Waals surface area contributed by atoms with Crippen LogP contribution in [0.1, 0.15) is 17.9 Å². The number of nitrogen functional groups attached to an aromatic ring is 1. The van der Waals surface area contributed by atoms with Crippen LogP contribution in [0.3, 0.4) is 0 Å². The highest BCUT2D eigenvalue weighted by Crippen LogP contribution is 2.53. The van der Waals surface area contributed by atoms with E-state index in [1.807, 2.05) is 0 Å². The van der Waals surface area contributed by atoms with Gasteiger partial charge >= 0.3 is 11.9 Å². The topological polar surface area (TPSA) is 262 Å². The number of carboxylic acids is 1. The number of esters is 1. The predicted molar refractivity (Wildman–Crippen MR) is 113 cm³/mol. The summed E-state index contributed by atoms with van der Waals surface area (Å²) in [7, 11) is -4.08. The van der Waals surface area contributed by atoms with E-state index in [-0.39, 0.29) is 23.1 Å². The third kappa shape index (κ3) is 3.52. The van der Waals surface area contributed by atoms with E-state index in [9.17, 15) is 27.6 Å². The second kappa shape index (κ2) is 8.19. The lowest BCUT2D eigenvalue weighted by molar-refractivity contribution is -0.211. The van der Waals surface area contributed by atoms with Gasteiger partial charge in [-0.1, -0.05) is 5.16 Å². The Labute approximate surface area is 203 Å². The average molecular weight is 541 g/mol. The Bertz CT molecular complexity index is 1410. The smallest absolute Gasteiger partial charge is 0.344 e. The average Bonchev–Trinajstić information content (AvgIpc) is 3.53. The molecule has 3 aliphatic heterocycles. The minimum absolute atomic E-state index is 0.0561. The van der Waals surface area contributed by atoms with Crippen molar-refractivity contribution in [3.05, 3.63) is 16.9 Å². The molecule has 0 aliphatic carbocycles. The van der Waals surface area contributed by atoms with Gasteiger partial charge in [0.2, 0.25) is 12.4 Å². The summed E-state index contributed by atoms with van der Waals surface area (Å²) in [5.74, 6) is -5.88. The maximum absolute atomic E-state index is 13.2. The van der Waals surface area contributed by atoms with Crippen molar-refractivity contribution < 1.29 is 42.3 Å². The van der Waals surface area contributed by atoms with Gasteiger partial charge in [-0.3, -0.25) is 19.3 Å². The van der Waals surface area contributed by atoms with Gasteiger partial charge in [0.25, 0.3) is 17.5 Å². The number of ether oxygens (including phenoxy) is 1. The van der Waals surface area contributed by atoms with E-state index >= 15 is 0 Å². The quantitative estimate of drug-likeness (QED) is 0.115. The van der Waals surface area contributed by atoms with Gasteiger partial charge in [0.05, 0.1) is 18.1 Å². The lowest BCUT2D eigenvalue weighted by Crippen LogP contribution is -2.81. The Kier molecular flexibility index (Phi) is 5.35. The van der Waals surface area contributed by atoms with Gasteiger partial charge in [-0.05, 0) is 5.21 Å². The van der Waals surface area contributed by atoms with Crippen LogP contribution >= 0.6 is 11.3 Å². The van der Waals surface area contributed by atoms with Gasteiger partial charge in [0, 0.05) is 5.38 Å². The number of sulfone groups is 1. The number of aromatic nitrogens is 5. The predicted octanol–water partition coefficient (Wildman–Crippen LogP) is -3.46. The zero-order valence-corrected chi connectivity index (χ0v) is 19.4. The second-order valence-electron chi connectivity index (χ2n) is 7.86. The van der Waals surface area contributed by atoms with Crippen molar-refractivity contribution in [2.75, 3.05) is 18.1 Å². The van der Waals surface area contributed by atoms with Crippen LogP contribution in [0.15, 0.2) is 10.5 Å². The molecule has 190 valence electrons. The summed E-state index contributed by atoms with van der Waals surface area (Å²) in [6.45, 7) is -0.885. The van der Waals surface area contributed by atoms with Crippen molar-refractivity contribution in [3.8, 4) is 0 Å². The lowest BCUT2D eigenvalue weighted by Gasteiger charge is -2.56. The number of nitrogens with two attached hydrogens (primary N) is 1. The Morgan fingerprint density at radius 1 is 1.44 bits per heavy atom. The molecule has 5 N–H and O–H groups in total. The number of tetrazole rings is 1. The molecule has 2 amide bonds. The van der Waals surface area contributed by atoms with Crippen LogP contribution in [0.2, 0.25) is 0 Å². The first-order chi connectivity index (χ1) is 17.0. The van der Waals surface area contributed by atoms with E-state index in [1.54, 1.807) is 0 Å². The highest BCUT2D eigenvalue weighted by Gasteiger charge is 2.74. The Morgan fingerprint density at radius 3 is 2.86 bits per heavy atom. The number of aromatic amines is 1. The highest BCUT2D eigenvalue weighted by molar-refractivity contribution is 7.92. The number of nitrogens with one attached hydrogen (secondary N) is 2. The van der Waals surface area contributed by atoms with E-state index in [0.717, 1.165) is 16.2 Å². The van der Waals surface area contributed by atoms with E-state index in [1.165, 1.54) is 5.38 Å². The molecular formula is C16H15N9O9S2. The molecule has 36 heavy (non-hydrogen) atoms. The fourth-order valence-electron chi connectivity index (χ4n) is 4.36. The molecule has 5 heterocycles. The Hall–Kier alpha value is -4.20. The SMILES string of the molecule is Nc1nc(/C(=N/OCC(=O)O)C(=O)N[C@@H]2C(=O)N3[C@@H]2S(=O)(=O)C[C@@H]2CC(=O)O[C@@]23c2nn[nH]n2)cs1. The largest absolute Gasteiger partial charge is 0.479 e. The number of β-lactam (4-membered cyclic amide) rings is 1. The van der Waals surface area contributed by atoms with Crippen LogP contribution in [0.5, 0.6) is 0 Å². The Balaban J connectivity index is 1.46. The maximum atomic E-state index is 13.2. The summed E-state index contributed by atoms with van der Waals surface area (Å²) in [6.07, 6.45) is -0.301. The zero-order chi connectivity index (χ0) is 25.8. The van der Waals surface area contributed by atoms with Crippen LogP contribution in [-0.4, -0.2) is 97.3 Å². The molecule has 20 heteroatoms. The summed E-state index contributed by atoms with van der Waals surface area (Å²) in [5.41, 5.74) is 3.04. The van der Waals surface area contributed by atoms with Crippen molar-refractivity contribution in [2.24, 2.45) is 11.1 Å². The van der Waals surface area contributed by atoms with Crippen molar-refractivity contribution in [2.45, 2.75) is 23.6 Å². The minimum atomic E-state index is -4.08. The molecule has 0 aromatic carbocycles. The normalized spacial score (nSPS) is 28.5. The number of H-pyrrole nitrogens is 1. The number of oxime groups is 1. The number of hydrogen-bond donors (Lipinski definition) is 4. The summed E-state index contributed by atoms with van der Waals surface area (Å²) in [4.78, 5) is 58.5. The van der Waals surface area contributed by atoms with Crippen LogP contribution in [-0.2, 0) is 44.3 Å². The molecular weight excluding hydrogens is 526 g/mol. The van der Waals surface area contributed by atoms with Gasteiger partial charge in [-0.2, -0.15) is 5.21 Å².